The third kappa shape index (κ3) is 4.93. The molecule has 0 unspecified atom stereocenters. The molecule has 0 aliphatic heterocycles. The molecular formula is C25H22F3N3O3S. The number of sulfonamides is 1. The van der Waals surface area contributed by atoms with Crippen molar-refractivity contribution in [3.05, 3.63) is 82.9 Å². The fraction of sp³-hybridized carbons (Fsp3) is 0.200. The second kappa shape index (κ2) is 9.53. The molecule has 2 aromatic heterocycles. The van der Waals surface area contributed by atoms with Gasteiger partial charge in [0.05, 0.1) is 11.3 Å². The van der Waals surface area contributed by atoms with Crippen LogP contribution in [0, 0.1) is 24.4 Å². The van der Waals surface area contributed by atoms with Crippen molar-refractivity contribution in [2.75, 3.05) is 10.5 Å². The number of anilines is 1. The Kier molecular flexibility index (Phi) is 6.66. The highest BCUT2D eigenvalue weighted by Crippen LogP contribution is 2.30. The highest BCUT2D eigenvalue weighted by atomic mass is 32.2. The summed E-state index contributed by atoms with van der Waals surface area (Å²) >= 11 is 0. The lowest BCUT2D eigenvalue weighted by molar-refractivity contribution is 0.103. The number of pyridine rings is 1. The fourth-order valence-electron chi connectivity index (χ4n) is 3.80. The molecule has 0 bridgehead atoms. The molecule has 0 aliphatic carbocycles. The molecule has 182 valence electrons. The average Bonchev–Trinajstić information content (AvgIpc) is 3.23. The van der Waals surface area contributed by atoms with Crippen molar-refractivity contribution >= 4 is 32.5 Å². The Hall–Kier alpha value is -3.66. The molecule has 0 spiro atoms. The Morgan fingerprint density at radius 2 is 1.86 bits per heavy atom. The third-order valence-corrected chi connectivity index (χ3v) is 6.98. The fourth-order valence-corrected chi connectivity index (χ4v) is 5.07. The summed E-state index contributed by atoms with van der Waals surface area (Å²) in [5.41, 5.74) is 1.03. The highest BCUT2D eigenvalue weighted by molar-refractivity contribution is 7.92. The van der Waals surface area contributed by atoms with E-state index >= 15 is 4.39 Å². The van der Waals surface area contributed by atoms with Crippen LogP contribution in [0.4, 0.5) is 18.9 Å². The number of halogens is 3. The number of carbonyl (C=O) groups excluding carboxylic acids is 1. The number of rotatable bonds is 8. The van der Waals surface area contributed by atoms with Crippen LogP contribution in [0.3, 0.4) is 0 Å². The Morgan fingerprint density at radius 1 is 1.09 bits per heavy atom. The Bertz CT molecular complexity index is 1550. The molecule has 6 nitrogen and oxygen atoms in total. The van der Waals surface area contributed by atoms with Gasteiger partial charge in [-0.05, 0) is 54.8 Å². The number of aromatic nitrogens is 2. The molecule has 0 atom stereocenters. The zero-order valence-corrected chi connectivity index (χ0v) is 19.8. The van der Waals surface area contributed by atoms with E-state index in [4.69, 9.17) is 0 Å². The van der Waals surface area contributed by atoms with Gasteiger partial charge in [-0.2, -0.15) is 0 Å². The Labute approximate surface area is 200 Å². The van der Waals surface area contributed by atoms with Crippen LogP contribution in [0.2, 0.25) is 0 Å². The number of aryl methyl sites for hydroxylation is 1. The first-order valence-corrected chi connectivity index (χ1v) is 12.5. The monoisotopic (exact) mass is 501 g/mol. The van der Waals surface area contributed by atoms with E-state index in [0.29, 0.717) is 40.6 Å². The summed E-state index contributed by atoms with van der Waals surface area (Å²) in [7, 11) is -4.00. The number of carbonyl (C=O) groups is 1. The lowest BCUT2D eigenvalue weighted by atomic mass is 9.98. The van der Waals surface area contributed by atoms with Crippen LogP contribution < -0.4 is 4.72 Å². The zero-order chi connectivity index (χ0) is 25.3. The van der Waals surface area contributed by atoms with Crippen LogP contribution in [0.5, 0.6) is 0 Å². The van der Waals surface area contributed by atoms with Gasteiger partial charge in [0.1, 0.15) is 23.0 Å². The van der Waals surface area contributed by atoms with E-state index in [2.05, 4.69) is 9.97 Å². The first-order valence-electron chi connectivity index (χ1n) is 10.9. The van der Waals surface area contributed by atoms with Crippen molar-refractivity contribution in [2.24, 2.45) is 0 Å². The molecule has 2 heterocycles. The van der Waals surface area contributed by atoms with Crippen LogP contribution in [0.15, 0.2) is 48.8 Å². The van der Waals surface area contributed by atoms with Gasteiger partial charge in [-0.3, -0.25) is 9.52 Å². The van der Waals surface area contributed by atoms with Crippen LogP contribution in [0.25, 0.3) is 22.2 Å². The molecule has 0 saturated carbocycles. The lowest BCUT2D eigenvalue weighted by Gasteiger charge is -2.12. The number of ketones is 1. The summed E-state index contributed by atoms with van der Waals surface area (Å²) in [6.07, 6.45) is 3.82. The molecule has 35 heavy (non-hydrogen) atoms. The first-order chi connectivity index (χ1) is 16.6. The van der Waals surface area contributed by atoms with Gasteiger partial charge < -0.3 is 4.98 Å². The Balaban J connectivity index is 1.75. The van der Waals surface area contributed by atoms with E-state index in [9.17, 15) is 22.0 Å². The van der Waals surface area contributed by atoms with Crippen molar-refractivity contribution in [1.82, 2.24) is 9.97 Å². The van der Waals surface area contributed by atoms with E-state index in [1.807, 2.05) is 4.72 Å². The second-order valence-corrected chi connectivity index (χ2v) is 10.0. The van der Waals surface area contributed by atoms with Gasteiger partial charge in [-0.25, -0.2) is 26.6 Å². The molecular weight excluding hydrogens is 479 g/mol. The standard InChI is InChI=1S/C25H22F3N3O3S/c1-3-4-9-35(33,34)31-23-21(27)8-7-18(22(23)28)24(32)20-13-30-25-19(20)11-15(12-29-25)17-6-5-16(26)10-14(17)2/h5-8,10-13,31H,3-4,9H2,1-2H3,(H,29,30). The maximum absolute atomic E-state index is 15.2. The van der Waals surface area contributed by atoms with E-state index < -0.39 is 38.7 Å². The van der Waals surface area contributed by atoms with Crippen LogP contribution in [-0.2, 0) is 10.0 Å². The molecule has 0 fully saturated rings. The van der Waals surface area contributed by atoms with Gasteiger partial charge in [-0.1, -0.05) is 19.4 Å². The SMILES string of the molecule is CCCCS(=O)(=O)Nc1c(F)ccc(C(=O)c2c[nH]c3ncc(-c4ccc(F)cc4C)cc23)c1F. The minimum Gasteiger partial charge on any atom is -0.345 e. The number of hydrogen-bond acceptors (Lipinski definition) is 4. The Morgan fingerprint density at radius 3 is 2.57 bits per heavy atom. The predicted molar refractivity (Wildman–Crippen MR) is 128 cm³/mol. The van der Waals surface area contributed by atoms with E-state index in [1.54, 1.807) is 32.2 Å². The predicted octanol–water partition coefficient (Wildman–Crippen LogP) is 5.73. The first kappa shape index (κ1) is 24.5. The normalized spacial score (nSPS) is 11.7. The molecule has 4 rings (SSSR count). The molecule has 4 aromatic rings. The number of nitrogens with zero attached hydrogens (tertiary/aromatic N) is 1. The van der Waals surface area contributed by atoms with E-state index in [-0.39, 0.29) is 17.1 Å². The lowest BCUT2D eigenvalue weighted by Crippen LogP contribution is -2.19. The van der Waals surface area contributed by atoms with Crippen molar-refractivity contribution in [3.63, 3.8) is 0 Å². The van der Waals surface area contributed by atoms with Crippen molar-refractivity contribution in [1.29, 1.82) is 0 Å². The summed E-state index contributed by atoms with van der Waals surface area (Å²) < 4.78 is 69.4. The number of fused-ring (bicyclic) bond motifs is 1. The van der Waals surface area contributed by atoms with Gasteiger partial charge in [-0.15, -0.1) is 0 Å². The molecule has 0 amide bonds. The minimum atomic E-state index is -4.00. The largest absolute Gasteiger partial charge is 0.345 e. The van der Waals surface area contributed by atoms with Gasteiger partial charge >= 0.3 is 0 Å². The molecule has 10 heteroatoms. The van der Waals surface area contributed by atoms with E-state index in [0.717, 1.165) is 12.1 Å². The number of nitrogens with one attached hydrogen (secondary N) is 2. The number of aromatic amines is 1. The molecule has 0 aliphatic rings. The molecule has 2 N–H and O–H groups in total. The summed E-state index contributed by atoms with van der Waals surface area (Å²) in [4.78, 5) is 20.4. The summed E-state index contributed by atoms with van der Waals surface area (Å²) in [6.45, 7) is 3.53. The summed E-state index contributed by atoms with van der Waals surface area (Å²) in [6, 6.07) is 7.76. The quantitative estimate of drug-likeness (QED) is 0.302. The van der Waals surface area contributed by atoms with Gasteiger partial charge in [0, 0.05) is 28.9 Å². The number of hydrogen-bond donors (Lipinski definition) is 2. The van der Waals surface area contributed by atoms with Crippen molar-refractivity contribution in [3.8, 4) is 11.1 Å². The summed E-state index contributed by atoms with van der Waals surface area (Å²) in [5, 5.41) is 0.380. The maximum Gasteiger partial charge on any atom is 0.232 e. The average molecular weight is 502 g/mol. The van der Waals surface area contributed by atoms with E-state index in [1.165, 1.54) is 18.3 Å². The number of H-pyrrole nitrogens is 1. The second-order valence-electron chi connectivity index (χ2n) is 8.17. The van der Waals surface area contributed by atoms with Gasteiger partial charge in [0.2, 0.25) is 10.0 Å². The van der Waals surface area contributed by atoms with Crippen LogP contribution in [0.1, 0.15) is 41.3 Å². The van der Waals surface area contributed by atoms with Crippen molar-refractivity contribution in [2.45, 2.75) is 26.7 Å². The topological polar surface area (TPSA) is 91.9 Å². The zero-order valence-electron chi connectivity index (χ0n) is 19.0. The van der Waals surface area contributed by atoms with Crippen LogP contribution >= 0.6 is 0 Å². The maximum atomic E-state index is 15.2. The smallest absolute Gasteiger partial charge is 0.232 e. The summed E-state index contributed by atoms with van der Waals surface area (Å²) in [5.74, 6) is -3.90. The molecule has 0 saturated heterocycles. The molecule has 0 radical (unpaired) electrons. The third-order valence-electron chi connectivity index (χ3n) is 5.64. The minimum absolute atomic E-state index is 0.0689. The number of unbranched alkanes of at least 4 members (excludes halogenated alkanes) is 1. The highest BCUT2D eigenvalue weighted by Gasteiger charge is 2.25. The van der Waals surface area contributed by atoms with Gasteiger partial charge in [0.15, 0.2) is 11.6 Å². The van der Waals surface area contributed by atoms with Crippen molar-refractivity contribution < 1.29 is 26.4 Å². The van der Waals surface area contributed by atoms with Crippen LogP contribution in [-0.4, -0.2) is 29.9 Å². The molecule has 2 aromatic carbocycles. The number of benzene rings is 2. The van der Waals surface area contributed by atoms with Gasteiger partial charge in [0.25, 0.3) is 0 Å².